The summed E-state index contributed by atoms with van der Waals surface area (Å²) in [6.45, 7) is 3.79. The second-order valence-corrected chi connectivity index (χ2v) is 3.75. The van der Waals surface area contributed by atoms with Gasteiger partial charge in [-0.15, -0.1) is 0 Å². The lowest BCUT2D eigenvalue weighted by Crippen LogP contribution is -2.16. The molecule has 0 aromatic heterocycles. The van der Waals surface area contributed by atoms with Crippen molar-refractivity contribution in [3.05, 3.63) is 0 Å². The Kier molecular flexibility index (Phi) is 31.3. The Morgan fingerprint density at radius 1 is 1.00 bits per heavy atom. The Morgan fingerprint density at radius 3 is 1.36 bits per heavy atom. The van der Waals surface area contributed by atoms with Crippen molar-refractivity contribution in [1.29, 1.82) is 0 Å². The molecule has 0 rings (SSSR count). The highest BCUT2D eigenvalue weighted by Gasteiger charge is 1.84. The largest absolute Gasteiger partial charge is 0.450 e. The number of rotatable bonds is 5. The molecule has 12 heteroatoms. The van der Waals surface area contributed by atoms with Crippen LogP contribution in [0.2, 0.25) is 0 Å². The smallest absolute Gasteiger partial charge is 0.404 e. The molecule has 0 radical (unpaired) electrons. The van der Waals surface area contributed by atoms with E-state index in [0.717, 1.165) is 0 Å². The molecule has 1 atom stereocenters. The Bertz CT molecular complexity index is 286. The number of amides is 3. The highest BCUT2D eigenvalue weighted by Crippen LogP contribution is 1.66. The second kappa shape index (κ2) is 24.3. The molecule has 0 aromatic carbocycles. The lowest BCUT2D eigenvalue weighted by Gasteiger charge is -1.89. The van der Waals surface area contributed by atoms with E-state index in [1.54, 1.807) is 13.8 Å². The van der Waals surface area contributed by atoms with Gasteiger partial charge < -0.3 is 26.7 Å². The molecule has 0 aliphatic heterocycles. The molecule has 0 aliphatic carbocycles. The normalized spacial score (nSPS) is 9.32. The maximum atomic E-state index is 9.70. The highest BCUT2D eigenvalue weighted by atomic mass is 32.2. The summed E-state index contributed by atoms with van der Waals surface area (Å²) in [6.07, 6.45) is -0.266. The van der Waals surface area contributed by atoms with Crippen LogP contribution in [0.5, 0.6) is 0 Å². The van der Waals surface area contributed by atoms with Crippen LogP contribution in [0.4, 0.5) is 4.79 Å². The molecule has 0 aromatic rings. The minimum Gasteiger partial charge on any atom is -0.450 e. The Balaban J connectivity index is -0.0000000986. The zero-order valence-electron chi connectivity index (χ0n) is 13.2. The van der Waals surface area contributed by atoms with Gasteiger partial charge >= 0.3 is 6.09 Å². The van der Waals surface area contributed by atoms with Crippen LogP contribution in [0.1, 0.15) is 20.3 Å². The molecular weight excluding hydrogens is 320 g/mol. The van der Waals surface area contributed by atoms with E-state index in [9.17, 15) is 18.6 Å². The third kappa shape index (κ3) is 79.8. The molecule has 8 N–H and O–H groups in total. The summed E-state index contributed by atoms with van der Waals surface area (Å²) in [7, 11) is 2.70. The van der Waals surface area contributed by atoms with Crippen LogP contribution in [0, 0.1) is 0 Å². The first-order valence-corrected chi connectivity index (χ1v) is 6.90. The van der Waals surface area contributed by atoms with Gasteiger partial charge in [-0.2, -0.15) is 0 Å². The molecule has 0 aliphatic rings. The minimum absolute atomic E-state index is 0.0139. The third-order valence-electron chi connectivity index (χ3n) is 1.09. The molecule has 22 heavy (non-hydrogen) atoms. The van der Waals surface area contributed by atoms with E-state index in [0.29, 0.717) is 13.0 Å². The molecule has 3 amide bonds. The Labute approximate surface area is 132 Å². The van der Waals surface area contributed by atoms with Crippen LogP contribution in [-0.4, -0.2) is 49.5 Å². The topological polar surface area (TPSA) is 200 Å². The van der Waals surface area contributed by atoms with Crippen molar-refractivity contribution in [3.8, 4) is 0 Å². The van der Waals surface area contributed by atoms with E-state index < -0.39 is 23.3 Å². The summed E-state index contributed by atoms with van der Waals surface area (Å²) in [5, 5.41) is 4.54. The number of carbonyl (C=O) groups excluding carboxylic acids is 3. The highest BCUT2D eigenvalue weighted by molar-refractivity contribution is 7.77. The molecule has 134 valence electrons. The van der Waals surface area contributed by atoms with Gasteiger partial charge in [0, 0.05) is 13.5 Å². The summed E-state index contributed by atoms with van der Waals surface area (Å²) in [4.78, 5) is 28.9. The molecule has 0 heterocycles. The van der Waals surface area contributed by atoms with Gasteiger partial charge in [0.1, 0.15) is 6.61 Å². The van der Waals surface area contributed by atoms with E-state index in [2.05, 4.69) is 36.0 Å². The lowest BCUT2D eigenvalue weighted by atomic mass is 10.5. The fourth-order valence-electron chi connectivity index (χ4n) is 0.285. The summed E-state index contributed by atoms with van der Waals surface area (Å²) in [5.41, 5.74) is 13.8. The number of primary amides is 3. The fourth-order valence-corrected chi connectivity index (χ4v) is 0.285. The quantitative estimate of drug-likeness (QED) is 0.452. The van der Waals surface area contributed by atoms with Crippen molar-refractivity contribution in [1.82, 2.24) is 0 Å². The van der Waals surface area contributed by atoms with Crippen LogP contribution in [0.15, 0.2) is 0 Å². The molecule has 0 saturated carbocycles. The Morgan fingerprint density at radius 2 is 1.36 bits per heavy atom. The zero-order chi connectivity index (χ0) is 18.6. The molecule has 1 unspecified atom stereocenters. The van der Waals surface area contributed by atoms with Gasteiger partial charge in [0.2, 0.25) is 23.1 Å². The van der Waals surface area contributed by atoms with Crippen LogP contribution in [0.3, 0.4) is 0 Å². The summed E-state index contributed by atoms with van der Waals surface area (Å²) in [5.74, 6) is -0.678. The number of carbonyl (C=O) groups is 3. The van der Waals surface area contributed by atoms with Crippen LogP contribution in [-0.2, 0) is 34.5 Å². The van der Waals surface area contributed by atoms with Crippen molar-refractivity contribution in [2.75, 3.05) is 27.4 Å². The third-order valence-corrected chi connectivity index (χ3v) is 1.41. The minimum atomic E-state index is -1.57. The zero-order valence-corrected chi connectivity index (χ0v) is 14.0. The first kappa shape index (κ1) is 28.4. The van der Waals surface area contributed by atoms with E-state index in [-0.39, 0.29) is 12.5 Å². The van der Waals surface area contributed by atoms with Gasteiger partial charge in [0.15, 0.2) is 0 Å². The van der Waals surface area contributed by atoms with Gasteiger partial charge in [-0.05, 0) is 6.92 Å². The maximum absolute atomic E-state index is 9.70. The predicted molar refractivity (Wildman–Crippen MR) is 81.1 cm³/mol. The molecular formula is C10H26N4O7S. The number of hydrogen-bond acceptors (Lipinski definition) is 7. The van der Waals surface area contributed by atoms with Crippen molar-refractivity contribution in [3.63, 3.8) is 0 Å². The van der Waals surface area contributed by atoms with Crippen molar-refractivity contribution in [2.45, 2.75) is 20.3 Å². The van der Waals surface area contributed by atoms with Gasteiger partial charge in [-0.3, -0.25) is 13.8 Å². The maximum Gasteiger partial charge on any atom is 0.404 e. The van der Waals surface area contributed by atoms with E-state index >= 15 is 0 Å². The van der Waals surface area contributed by atoms with Gasteiger partial charge in [-0.1, -0.05) is 6.92 Å². The van der Waals surface area contributed by atoms with Gasteiger partial charge in [-0.25, -0.2) is 14.1 Å². The van der Waals surface area contributed by atoms with E-state index in [1.165, 1.54) is 14.2 Å². The number of hydrogen-bond donors (Lipinski definition) is 4. The number of ether oxygens (including phenoxy) is 2. The molecule has 0 fully saturated rings. The fraction of sp³-hybridized carbons (Fsp3) is 0.700. The molecule has 0 saturated heterocycles. The van der Waals surface area contributed by atoms with Crippen LogP contribution >= 0.6 is 0 Å². The first-order chi connectivity index (χ1) is 10.1. The van der Waals surface area contributed by atoms with Crippen molar-refractivity contribution < 1.29 is 32.2 Å². The van der Waals surface area contributed by atoms with Crippen LogP contribution < -0.4 is 22.3 Å². The van der Waals surface area contributed by atoms with Crippen molar-refractivity contribution >= 4 is 29.2 Å². The van der Waals surface area contributed by atoms with E-state index in [1.807, 2.05) is 0 Å². The molecule has 0 bridgehead atoms. The predicted octanol–water partition coefficient (Wildman–Crippen LogP) is -1.73. The Hall–Kier alpha value is -1.76. The SMILES string of the molecule is CCC(N)=O.CCOC(N)=O.COCC(N)=O.COS(N)=O. The summed E-state index contributed by atoms with van der Waals surface area (Å²) in [6, 6.07) is 0. The summed E-state index contributed by atoms with van der Waals surface area (Å²) >= 11 is -1.57. The van der Waals surface area contributed by atoms with Gasteiger partial charge in [0.25, 0.3) is 0 Å². The average Bonchev–Trinajstić information content (AvgIpc) is 2.40. The molecule has 0 spiro atoms. The monoisotopic (exact) mass is 346 g/mol. The van der Waals surface area contributed by atoms with E-state index in [4.69, 9.17) is 0 Å². The van der Waals surface area contributed by atoms with Crippen molar-refractivity contribution in [2.24, 2.45) is 22.3 Å². The standard InChI is InChI=1S/2C3H7NO2.C3H7NO.CH5NO2S/c1-6-2-3(4)5;1-2-6-3(4)5;1-2-3(4)5;1-4-5(2)3/h2*2H2,1H3,(H2,4,5);2H2,1H3,(H2,4,5);2H2,1H3. The second-order valence-electron chi connectivity index (χ2n) is 2.90. The summed E-state index contributed by atoms with van der Waals surface area (Å²) < 4.78 is 22.0. The number of nitrogens with two attached hydrogens (primary N) is 4. The van der Waals surface area contributed by atoms with Gasteiger partial charge in [0.05, 0.1) is 13.7 Å². The first-order valence-electron chi connectivity index (χ1n) is 5.77. The van der Waals surface area contributed by atoms with Crippen LogP contribution in [0.25, 0.3) is 0 Å². The molecule has 11 nitrogen and oxygen atoms in total. The number of methoxy groups -OCH3 is 1. The lowest BCUT2D eigenvalue weighted by molar-refractivity contribution is -0.121. The average molecular weight is 346 g/mol.